The van der Waals surface area contributed by atoms with Gasteiger partial charge >= 0.3 is 0 Å². The van der Waals surface area contributed by atoms with Crippen molar-refractivity contribution in [3.05, 3.63) is 46.7 Å². The van der Waals surface area contributed by atoms with Crippen LogP contribution in [0.5, 0.6) is 0 Å². The van der Waals surface area contributed by atoms with E-state index in [0.717, 1.165) is 18.7 Å². The van der Waals surface area contributed by atoms with E-state index in [9.17, 15) is 0 Å². The first-order valence-corrected chi connectivity index (χ1v) is 6.28. The molecule has 0 saturated carbocycles. The van der Waals surface area contributed by atoms with Gasteiger partial charge in [0.05, 0.1) is 5.69 Å². The van der Waals surface area contributed by atoms with Gasteiger partial charge < -0.3 is 5.32 Å². The van der Waals surface area contributed by atoms with Crippen molar-refractivity contribution in [2.45, 2.75) is 25.9 Å². The van der Waals surface area contributed by atoms with E-state index < -0.39 is 0 Å². The fourth-order valence-corrected chi connectivity index (χ4v) is 2.22. The lowest BCUT2D eigenvalue weighted by Crippen LogP contribution is -2.27. The number of rotatable bonds is 5. The van der Waals surface area contributed by atoms with Crippen LogP contribution >= 0.6 is 11.3 Å². The van der Waals surface area contributed by atoms with E-state index in [-0.39, 0.29) is 0 Å². The van der Waals surface area contributed by atoms with Gasteiger partial charge in [-0.15, -0.1) is 0 Å². The molecule has 3 nitrogen and oxygen atoms in total. The molecular weight excluding hydrogens is 218 g/mol. The molecule has 2 aromatic heterocycles. The summed E-state index contributed by atoms with van der Waals surface area (Å²) in [6.07, 6.45) is 4.42. The van der Waals surface area contributed by atoms with Crippen molar-refractivity contribution >= 4 is 11.3 Å². The van der Waals surface area contributed by atoms with E-state index in [0.29, 0.717) is 6.04 Å². The molecule has 0 radical (unpaired) electrons. The summed E-state index contributed by atoms with van der Waals surface area (Å²) in [6, 6.07) is 4.57. The third kappa shape index (κ3) is 3.40. The molecule has 16 heavy (non-hydrogen) atoms. The number of nitrogens with one attached hydrogen (secondary N) is 1. The molecule has 2 heterocycles. The fourth-order valence-electron chi connectivity index (χ4n) is 1.54. The Morgan fingerprint density at radius 3 is 3.06 bits per heavy atom. The second kappa shape index (κ2) is 5.72. The van der Waals surface area contributed by atoms with Gasteiger partial charge in [0.25, 0.3) is 0 Å². The van der Waals surface area contributed by atoms with E-state index in [4.69, 9.17) is 0 Å². The molecule has 1 N–H and O–H groups in total. The Hall–Kier alpha value is -1.26. The molecule has 0 aromatic carbocycles. The van der Waals surface area contributed by atoms with E-state index in [1.165, 1.54) is 5.56 Å². The van der Waals surface area contributed by atoms with Crippen molar-refractivity contribution in [1.29, 1.82) is 0 Å². The van der Waals surface area contributed by atoms with Crippen molar-refractivity contribution in [1.82, 2.24) is 15.3 Å². The summed E-state index contributed by atoms with van der Waals surface area (Å²) >= 11 is 1.75. The SMILES string of the molecule is CC(Cc1ccsc1)NCc1ccncn1. The second-order valence-corrected chi connectivity index (χ2v) is 4.60. The number of hydrogen-bond donors (Lipinski definition) is 1. The maximum atomic E-state index is 4.18. The van der Waals surface area contributed by atoms with Crippen molar-refractivity contribution in [2.24, 2.45) is 0 Å². The second-order valence-electron chi connectivity index (χ2n) is 3.82. The van der Waals surface area contributed by atoms with Crippen molar-refractivity contribution in [2.75, 3.05) is 0 Å². The quantitative estimate of drug-likeness (QED) is 0.860. The molecule has 1 unspecified atom stereocenters. The lowest BCUT2D eigenvalue weighted by Gasteiger charge is -2.12. The van der Waals surface area contributed by atoms with Crippen LogP contribution in [0.4, 0.5) is 0 Å². The van der Waals surface area contributed by atoms with Crippen LogP contribution in [0.15, 0.2) is 35.4 Å². The van der Waals surface area contributed by atoms with Gasteiger partial charge in [0.1, 0.15) is 6.33 Å². The topological polar surface area (TPSA) is 37.8 Å². The van der Waals surface area contributed by atoms with Gasteiger partial charge in [0.2, 0.25) is 0 Å². The van der Waals surface area contributed by atoms with Crippen LogP contribution in [0.1, 0.15) is 18.2 Å². The lowest BCUT2D eigenvalue weighted by atomic mass is 10.1. The van der Waals surface area contributed by atoms with Crippen LogP contribution in [0.2, 0.25) is 0 Å². The minimum atomic E-state index is 0.463. The van der Waals surface area contributed by atoms with Gasteiger partial charge in [-0.3, -0.25) is 0 Å². The van der Waals surface area contributed by atoms with Crippen molar-refractivity contribution in [3.63, 3.8) is 0 Å². The van der Waals surface area contributed by atoms with Crippen LogP contribution in [0.25, 0.3) is 0 Å². The minimum absolute atomic E-state index is 0.463. The first-order valence-electron chi connectivity index (χ1n) is 5.34. The van der Waals surface area contributed by atoms with E-state index >= 15 is 0 Å². The number of hydrogen-bond acceptors (Lipinski definition) is 4. The van der Waals surface area contributed by atoms with Crippen LogP contribution in [0, 0.1) is 0 Å². The summed E-state index contributed by atoms with van der Waals surface area (Å²) in [4.78, 5) is 8.07. The third-order valence-electron chi connectivity index (χ3n) is 2.40. The molecule has 0 aliphatic carbocycles. The number of thiophene rings is 1. The third-order valence-corrected chi connectivity index (χ3v) is 3.13. The molecule has 1 atom stereocenters. The summed E-state index contributed by atoms with van der Waals surface area (Å²) in [5.74, 6) is 0. The highest BCUT2D eigenvalue weighted by Crippen LogP contribution is 2.08. The first kappa shape index (κ1) is 11.2. The van der Waals surface area contributed by atoms with Gasteiger partial charge in [-0.25, -0.2) is 9.97 Å². The predicted octanol–water partition coefficient (Wildman–Crippen LogP) is 2.26. The molecule has 0 fully saturated rings. The highest BCUT2D eigenvalue weighted by molar-refractivity contribution is 7.07. The van der Waals surface area contributed by atoms with E-state index in [2.05, 4.69) is 39.0 Å². The molecule has 0 aliphatic rings. The van der Waals surface area contributed by atoms with Gasteiger partial charge in [0, 0.05) is 18.8 Å². The molecule has 4 heteroatoms. The molecule has 84 valence electrons. The zero-order chi connectivity index (χ0) is 11.2. The normalized spacial score (nSPS) is 12.6. The summed E-state index contributed by atoms with van der Waals surface area (Å²) in [5.41, 5.74) is 2.43. The molecular formula is C12H15N3S. The van der Waals surface area contributed by atoms with Crippen LogP contribution < -0.4 is 5.32 Å². The molecule has 0 spiro atoms. The minimum Gasteiger partial charge on any atom is -0.308 e. The largest absolute Gasteiger partial charge is 0.308 e. The zero-order valence-electron chi connectivity index (χ0n) is 9.26. The molecule has 2 aromatic rings. The average molecular weight is 233 g/mol. The maximum Gasteiger partial charge on any atom is 0.115 e. The van der Waals surface area contributed by atoms with Gasteiger partial charge in [-0.2, -0.15) is 11.3 Å². The Bertz CT molecular complexity index is 399. The summed E-state index contributed by atoms with van der Waals surface area (Å²) in [7, 11) is 0. The molecule has 0 aliphatic heterocycles. The fraction of sp³-hybridized carbons (Fsp3) is 0.333. The highest BCUT2D eigenvalue weighted by atomic mass is 32.1. The molecule has 2 rings (SSSR count). The average Bonchev–Trinajstić information content (AvgIpc) is 2.81. The van der Waals surface area contributed by atoms with E-state index in [1.54, 1.807) is 23.9 Å². The smallest absolute Gasteiger partial charge is 0.115 e. The lowest BCUT2D eigenvalue weighted by molar-refractivity contribution is 0.540. The van der Waals surface area contributed by atoms with Crippen LogP contribution in [0.3, 0.4) is 0 Å². The Balaban J connectivity index is 1.78. The Morgan fingerprint density at radius 1 is 1.44 bits per heavy atom. The predicted molar refractivity (Wildman–Crippen MR) is 66.4 cm³/mol. The number of nitrogens with zero attached hydrogens (tertiary/aromatic N) is 2. The highest BCUT2D eigenvalue weighted by Gasteiger charge is 2.03. The molecule has 0 amide bonds. The van der Waals surface area contributed by atoms with Crippen molar-refractivity contribution < 1.29 is 0 Å². The van der Waals surface area contributed by atoms with Gasteiger partial charge in [-0.05, 0) is 41.8 Å². The first-order chi connectivity index (χ1) is 7.84. The van der Waals surface area contributed by atoms with E-state index in [1.807, 2.05) is 6.07 Å². The van der Waals surface area contributed by atoms with Crippen molar-refractivity contribution in [3.8, 4) is 0 Å². The summed E-state index contributed by atoms with van der Waals surface area (Å²) in [6.45, 7) is 2.99. The Kier molecular flexibility index (Phi) is 4.02. The monoisotopic (exact) mass is 233 g/mol. The van der Waals surface area contributed by atoms with Crippen LogP contribution in [-0.4, -0.2) is 16.0 Å². The number of aromatic nitrogens is 2. The summed E-state index contributed by atoms with van der Waals surface area (Å²) < 4.78 is 0. The molecule has 0 bridgehead atoms. The standard InChI is InChI=1S/C12H15N3S/c1-10(6-11-3-5-16-8-11)14-7-12-2-4-13-9-15-12/h2-5,8-10,14H,6-7H2,1H3. The molecule has 0 saturated heterocycles. The maximum absolute atomic E-state index is 4.18. The van der Waals surface area contributed by atoms with Gasteiger partial charge in [0.15, 0.2) is 0 Å². The Morgan fingerprint density at radius 2 is 2.38 bits per heavy atom. The van der Waals surface area contributed by atoms with Gasteiger partial charge in [-0.1, -0.05) is 0 Å². The zero-order valence-corrected chi connectivity index (χ0v) is 10.1. The summed E-state index contributed by atoms with van der Waals surface area (Å²) in [5, 5.41) is 7.77. The van der Waals surface area contributed by atoms with Crippen LogP contribution in [-0.2, 0) is 13.0 Å². The Labute approximate surface area is 99.6 Å².